The van der Waals surface area contributed by atoms with Gasteiger partial charge in [0.2, 0.25) is 15.9 Å². The molecule has 0 radical (unpaired) electrons. The Morgan fingerprint density at radius 2 is 1.92 bits per heavy atom. The molecule has 6 nitrogen and oxygen atoms in total. The van der Waals surface area contributed by atoms with Crippen molar-refractivity contribution < 1.29 is 17.9 Å². The second-order valence-electron chi connectivity index (χ2n) is 5.37. The van der Waals surface area contributed by atoms with Crippen LogP contribution < -0.4 is 14.8 Å². The van der Waals surface area contributed by atoms with E-state index in [0.717, 1.165) is 0 Å². The van der Waals surface area contributed by atoms with Gasteiger partial charge in [-0.05, 0) is 50.2 Å². The first-order chi connectivity index (χ1) is 12.2. The van der Waals surface area contributed by atoms with Gasteiger partial charge in [-0.25, -0.2) is 8.42 Å². The fourth-order valence-corrected chi connectivity index (χ4v) is 3.81. The lowest BCUT2D eigenvalue weighted by Crippen LogP contribution is -2.41. The van der Waals surface area contributed by atoms with Crippen LogP contribution in [0.15, 0.2) is 47.4 Å². The Labute approximate surface area is 162 Å². The number of anilines is 1. The van der Waals surface area contributed by atoms with Gasteiger partial charge >= 0.3 is 0 Å². The van der Waals surface area contributed by atoms with Crippen molar-refractivity contribution in [2.45, 2.75) is 24.8 Å². The summed E-state index contributed by atoms with van der Waals surface area (Å²) in [5.41, 5.74) is 0.470. The highest BCUT2D eigenvalue weighted by molar-refractivity contribution is 7.89. The van der Waals surface area contributed by atoms with Crippen LogP contribution in [0, 0.1) is 0 Å². The van der Waals surface area contributed by atoms with Crippen LogP contribution in [0.2, 0.25) is 10.0 Å². The molecule has 0 bridgehead atoms. The second-order valence-corrected chi connectivity index (χ2v) is 7.93. The Morgan fingerprint density at radius 3 is 2.54 bits per heavy atom. The topological polar surface area (TPSA) is 84.5 Å². The number of benzene rings is 2. The summed E-state index contributed by atoms with van der Waals surface area (Å²) in [6.45, 7) is 3.64. The van der Waals surface area contributed by atoms with Gasteiger partial charge in [0.05, 0.1) is 22.6 Å². The Morgan fingerprint density at radius 1 is 1.19 bits per heavy atom. The standard InChI is InChI=1S/C17H18Cl2N2O4S/c1-3-25-16-8-7-14(10-15(16)19)26(23,24)21-11(2)17(22)20-13-6-4-5-12(18)9-13/h4-11,21H,3H2,1-2H3,(H,20,22)/t11-/m1/s1. The average molecular weight is 417 g/mol. The summed E-state index contributed by atoms with van der Waals surface area (Å²) in [5.74, 6) is -0.132. The van der Waals surface area contributed by atoms with E-state index in [4.69, 9.17) is 27.9 Å². The van der Waals surface area contributed by atoms with E-state index in [9.17, 15) is 13.2 Å². The molecular weight excluding hydrogens is 399 g/mol. The molecular formula is C17H18Cl2N2O4S. The lowest BCUT2D eigenvalue weighted by molar-refractivity contribution is -0.117. The highest BCUT2D eigenvalue weighted by Crippen LogP contribution is 2.27. The van der Waals surface area contributed by atoms with E-state index in [2.05, 4.69) is 10.0 Å². The number of sulfonamides is 1. The Bertz CT molecular complexity index is 903. The lowest BCUT2D eigenvalue weighted by atomic mass is 10.3. The quantitative estimate of drug-likeness (QED) is 0.720. The van der Waals surface area contributed by atoms with E-state index < -0.39 is 22.0 Å². The maximum atomic E-state index is 12.5. The molecule has 140 valence electrons. The summed E-state index contributed by atoms with van der Waals surface area (Å²) in [4.78, 5) is 12.2. The van der Waals surface area contributed by atoms with Crippen molar-refractivity contribution in [3.63, 3.8) is 0 Å². The molecule has 2 rings (SSSR count). The van der Waals surface area contributed by atoms with E-state index in [1.165, 1.54) is 25.1 Å². The molecule has 0 aliphatic rings. The monoisotopic (exact) mass is 416 g/mol. The molecule has 0 aliphatic carbocycles. The van der Waals surface area contributed by atoms with Crippen molar-refractivity contribution in [3.05, 3.63) is 52.5 Å². The molecule has 0 aromatic heterocycles. The molecule has 0 fully saturated rings. The van der Waals surface area contributed by atoms with E-state index >= 15 is 0 Å². The summed E-state index contributed by atoms with van der Waals surface area (Å²) < 4.78 is 32.5. The number of ether oxygens (including phenoxy) is 1. The predicted octanol–water partition coefficient (Wildman–Crippen LogP) is 3.70. The van der Waals surface area contributed by atoms with Crippen molar-refractivity contribution in [2.24, 2.45) is 0 Å². The molecule has 26 heavy (non-hydrogen) atoms. The summed E-state index contributed by atoms with van der Waals surface area (Å²) in [6.07, 6.45) is 0. The molecule has 0 heterocycles. The molecule has 2 N–H and O–H groups in total. The van der Waals surface area contributed by atoms with Gasteiger partial charge in [0, 0.05) is 10.7 Å². The minimum Gasteiger partial charge on any atom is -0.492 e. The number of amides is 1. The first-order valence-corrected chi connectivity index (χ1v) is 9.98. The third-order valence-corrected chi connectivity index (χ3v) is 5.40. The number of nitrogens with one attached hydrogen (secondary N) is 2. The van der Waals surface area contributed by atoms with E-state index in [1.54, 1.807) is 31.2 Å². The zero-order valence-corrected chi connectivity index (χ0v) is 16.5. The zero-order chi connectivity index (χ0) is 19.3. The number of carbonyl (C=O) groups excluding carboxylic acids is 1. The van der Waals surface area contributed by atoms with Gasteiger partial charge in [-0.1, -0.05) is 29.3 Å². The van der Waals surface area contributed by atoms with Gasteiger partial charge < -0.3 is 10.1 Å². The molecule has 9 heteroatoms. The lowest BCUT2D eigenvalue weighted by Gasteiger charge is -2.15. The van der Waals surface area contributed by atoms with Gasteiger partial charge in [0.1, 0.15) is 5.75 Å². The Balaban J connectivity index is 2.10. The smallest absolute Gasteiger partial charge is 0.242 e. The van der Waals surface area contributed by atoms with Gasteiger partial charge in [-0.15, -0.1) is 0 Å². The molecule has 1 atom stereocenters. The highest BCUT2D eigenvalue weighted by Gasteiger charge is 2.23. The Kier molecular flexibility index (Phi) is 6.88. The third kappa shape index (κ3) is 5.35. The molecule has 0 unspecified atom stereocenters. The normalized spacial score (nSPS) is 12.5. The average Bonchev–Trinajstić information content (AvgIpc) is 2.56. The van der Waals surface area contributed by atoms with E-state index in [1.807, 2.05) is 0 Å². The van der Waals surface area contributed by atoms with Gasteiger partial charge in [0.25, 0.3) is 0 Å². The van der Waals surface area contributed by atoms with Crippen LogP contribution in [-0.2, 0) is 14.8 Å². The van der Waals surface area contributed by atoms with Crippen LogP contribution in [0.1, 0.15) is 13.8 Å². The molecule has 0 aliphatic heterocycles. The SMILES string of the molecule is CCOc1ccc(S(=O)(=O)N[C@H](C)C(=O)Nc2cccc(Cl)c2)cc1Cl. The van der Waals surface area contributed by atoms with Crippen LogP contribution in [0.3, 0.4) is 0 Å². The third-order valence-electron chi connectivity index (χ3n) is 3.33. The summed E-state index contributed by atoms with van der Waals surface area (Å²) in [5, 5.41) is 3.23. The van der Waals surface area contributed by atoms with Crippen LogP contribution in [0.5, 0.6) is 5.75 Å². The molecule has 2 aromatic rings. The number of carbonyl (C=O) groups is 1. The fraction of sp³-hybridized carbons (Fsp3) is 0.235. The predicted molar refractivity (Wildman–Crippen MR) is 102 cm³/mol. The number of hydrogen-bond donors (Lipinski definition) is 2. The molecule has 1 amide bonds. The summed E-state index contributed by atoms with van der Waals surface area (Å²) in [6, 6.07) is 9.65. The first-order valence-electron chi connectivity index (χ1n) is 7.74. The number of hydrogen-bond acceptors (Lipinski definition) is 4. The van der Waals surface area contributed by atoms with Gasteiger partial charge in [-0.2, -0.15) is 4.72 Å². The van der Waals surface area contributed by atoms with Crippen molar-refractivity contribution in [3.8, 4) is 5.75 Å². The molecule has 0 spiro atoms. The zero-order valence-electron chi connectivity index (χ0n) is 14.1. The van der Waals surface area contributed by atoms with E-state index in [-0.39, 0.29) is 9.92 Å². The minimum absolute atomic E-state index is 0.0617. The highest BCUT2D eigenvalue weighted by atomic mass is 35.5. The van der Waals surface area contributed by atoms with Gasteiger partial charge in [-0.3, -0.25) is 4.79 Å². The van der Waals surface area contributed by atoms with Crippen LogP contribution in [-0.4, -0.2) is 27.0 Å². The molecule has 0 saturated carbocycles. The summed E-state index contributed by atoms with van der Waals surface area (Å²) >= 11 is 11.9. The Hall–Kier alpha value is -1.80. The maximum Gasteiger partial charge on any atom is 0.242 e. The first kappa shape index (κ1) is 20.5. The van der Waals surface area contributed by atoms with Gasteiger partial charge in [0.15, 0.2) is 0 Å². The van der Waals surface area contributed by atoms with Crippen LogP contribution >= 0.6 is 23.2 Å². The largest absolute Gasteiger partial charge is 0.492 e. The fourth-order valence-electron chi connectivity index (χ4n) is 2.09. The van der Waals surface area contributed by atoms with Crippen molar-refractivity contribution >= 4 is 44.8 Å². The van der Waals surface area contributed by atoms with Crippen LogP contribution in [0.4, 0.5) is 5.69 Å². The summed E-state index contributed by atoms with van der Waals surface area (Å²) in [7, 11) is -3.94. The molecule has 2 aromatic carbocycles. The van der Waals surface area contributed by atoms with Crippen molar-refractivity contribution in [1.29, 1.82) is 0 Å². The molecule has 0 saturated heterocycles. The number of rotatable bonds is 7. The second kappa shape index (κ2) is 8.73. The van der Waals surface area contributed by atoms with Crippen molar-refractivity contribution in [1.82, 2.24) is 4.72 Å². The number of halogens is 2. The van der Waals surface area contributed by atoms with E-state index in [0.29, 0.717) is 23.1 Å². The maximum absolute atomic E-state index is 12.5. The van der Waals surface area contributed by atoms with Crippen molar-refractivity contribution in [2.75, 3.05) is 11.9 Å². The van der Waals surface area contributed by atoms with Crippen LogP contribution in [0.25, 0.3) is 0 Å². The minimum atomic E-state index is -3.94.